The molecule has 0 bridgehead atoms. The Balaban J connectivity index is 2.12. The molecule has 0 fully saturated rings. The number of phenols is 1. The zero-order valence-corrected chi connectivity index (χ0v) is 13.7. The minimum absolute atomic E-state index is 0.0670. The maximum atomic E-state index is 12.7. The van der Waals surface area contributed by atoms with Crippen LogP contribution >= 0.6 is 0 Å². The summed E-state index contributed by atoms with van der Waals surface area (Å²) in [7, 11) is -3.90. The van der Waals surface area contributed by atoms with E-state index < -0.39 is 10.0 Å². The molecule has 0 radical (unpaired) electrons. The molecule has 0 saturated heterocycles. The van der Waals surface area contributed by atoms with Gasteiger partial charge in [-0.2, -0.15) is 0 Å². The van der Waals surface area contributed by atoms with Gasteiger partial charge in [0, 0.05) is 11.6 Å². The highest BCUT2D eigenvalue weighted by molar-refractivity contribution is 7.93. The highest BCUT2D eigenvalue weighted by atomic mass is 32.2. The first kappa shape index (κ1) is 16.1. The molecule has 1 aromatic heterocycles. The molecule has 24 heavy (non-hydrogen) atoms. The second-order valence-electron chi connectivity index (χ2n) is 5.02. The lowest BCUT2D eigenvalue weighted by atomic mass is 10.2. The zero-order chi connectivity index (χ0) is 17.2. The molecule has 2 aromatic carbocycles. The van der Waals surface area contributed by atoms with E-state index in [1.807, 2.05) is 6.92 Å². The third kappa shape index (κ3) is 2.98. The summed E-state index contributed by atoms with van der Waals surface area (Å²) in [5.41, 5.74) is 0.586. The number of rotatable bonds is 5. The predicted octanol–water partition coefficient (Wildman–Crippen LogP) is 3.14. The van der Waals surface area contributed by atoms with E-state index >= 15 is 0 Å². The minimum Gasteiger partial charge on any atom is -0.506 e. The highest BCUT2D eigenvalue weighted by Gasteiger charge is 2.20. The van der Waals surface area contributed by atoms with Crippen LogP contribution in [0.1, 0.15) is 6.92 Å². The van der Waals surface area contributed by atoms with Crippen LogP contribution in [0.15, 0.2) is 59.6 Å². The predicted molar refractivity (Wildman–Crippen MR) is 91.8 cm³/mol. The summed E-state index contributed by atoms with van der Waals surface area (Å²) in [5, 5.41) is 10.2. The SMILES string of the molecule is CCOc1ccc(S(=O)(=O)Nc2ccccc2O)c2cccnc12. The number of aromatic hydroxyl groups is 1. The number of ether oxygens (including phenoxy) is 1. The molecule has 0 aliphatic heterocycles. The average molecular weight is 344 g/mol. The summed E-state index contributed by atoms with van der Waals surface area (Å²) in [6, 6.07) is 12.5. The number of hydrogen-bond acceptors (Lipinski definition) is 5. The minimum atomic E-state index is -3.90. The second-order valence-corrected chi connectivity index (χ2v) is 6.67. The van der Waals surface area contributed by atoms with Crippen molar-refractivity contribution in [3.05, 3.63) is 54.7 Å². The van der Waals surface area contributed by atoms with Crippen molar-refractivity contribution in [1.29, 1.82) is 0 Å². The molecule has 0 amide bonds. The normalized spacial score (nSPS) is 11.4. The van der Waals surface area contributed by atoms with E-state index in [-0.39, 0.29) is 16.3 Å². The summed E-state index contributed by atoms with van der Waals surface area (Å²) in [6.45, 7) is 2.30. The number of nitrogens with zero attached hydrogens (tertiary/aromatic N) is 1. The molecule has 7 heteroatoms. The Bertz CT molecular complexity index is 987. The van der Waals surface area contributed by atoms with Crippen LogP contribution in [0, 0.1) is 0 Å². The van der Waals surface area contributed by atoms with Gasteiger partial charge in [-0.05, 0) is 43.3 Å². The first-order valence-corrected chi connectivity index (χ1v) is 8.82. The number of sulfonamides is 1. The van der Waals surface area contributed by atoms with Crippen LogP contribution in [0.2, 0.25) is 0 Å². The fourth-order valence-electron chi connectivity index (χ4n) is 2.39. The molecule has 0 saturated carbocycles. The lowest BCUT2D eigenvalue weighted by molar-refractivity contribution is 0.343. The van der Waals surface area contributed by atoms with Crippen molar-refractivity contribution in [3.63, 3.8) is 0 Å². The Hall–Kier alpha value is -2.80. The zero-order valence-electron chi connectivity index (χ0n) is 12.9. The topological polar surface area (TPSA) is 88.5 Å². The van der Waals surface area contributed by atoms with Crippen LogP contribution in [-0.4, -0.2) is 25.1 Å². The van der Waals surface area contributed by atoms with Crippen molar-refractivity contribution in [1.82, 2.24) is 4.98 Å². The number of hydrogen-bond donors (Lipinski definition) is 2. The van der Waals surface area contributed by atoms with E-state index in [2.05, 4.69) is 9.71 Å². The van der Waals surface area contributed by atoms with Crippen molar-refractivity contribution in [2.24, 2.45) is 0 Å². The molecule has 3 aromatic rings. The van der Waals surface area contributed by atoms with E-state index in [4.69, 9.17) is 4.74 Å². The van der Waals surface area contributed by atoms with Gasteiger partial charge in [0.25, 0.3) is 10.0 Å². The molecular weight excluding hydrogens is 328 g/mol. The van der Waals surface area contributed by atoms with E-state index in [1.54, 1.807) is 36.5 Å². The molecule has 0 spiro atoms. The van der Waals surface area contributed by atoms with Gasteiger partial charge in [-0.3, -0.25) is 9.71 Å². The van der Waals surface area contributed by atoms with Crippen LogP contribution in [0.3, 0.4) is 0 Å². The summed E-state index contributed by atoms with van der Waals surface area (Å²) in [4.78, 5) is 4.30. The lowest BCUT2D eigenvalue weighted by Gasteiger charge is -2.13. The maximum Gasteiger partial charge on any atom is 0.262 e. The van der Waals surface area contributed by atoms with Crippen LogP contribution in [0.25, 0.3) is 10.9 Å². The molecule has 3 rings (SSSR count). The molecule has 0 aliphatic carbocycles. The summed E-state index contributed by atoms with van der Waals surface area (Å²) in [6.07, 6.45) is 1.58. The maximum absolute atomic E-state index is 12.7. The smallest absolute Gasteiger partial charge is 0.262 e. The lowest BCUT2D eigenvalue weighted by Crippen LogP contribution is -2.13. The number of anilines is 1. The molecule has 6 nitrogen and oxygen atoms in total. The van der Waals surface area contributed by atoms with E-state index in [0.29, 0.717) is 23.3 Å². The Kier molecular flexibility index (Phi) is 4.26. The fraction of sp³-hybridized carbons (Fsp3) is 0.118. The summed E-state index contributed by atoms with van der Waals surface area (Å²) < 4.78 is 33.4. The number of aromatic nitrogens is 1. The Morgan fingerprint density at radius 3 is 2.67 bits per heavy atom. The van der Waals surface area contributed by atoms with Gasteiger partial charge in [0.2, 0.25) is 0 Å². The molecule has 0 unspecified atom stereocenters. The number of para-hydroxylation sites is 2. The monoisotopic (exact) mass is 344 g/mol. The van der Waals surface area contributed by atoms with Crippen molar-refractivity contribution in [3.8, 4) is 11.5 Å². The van der Waals surface area contributed by atoms with Crippen LogP contribution < -0.4 is 9.46 Å². The first-order chi connectivity index (χ1) is 11.5. The van der Waals surface area contributed by atoms with Crippen LogP contribution in [-0.2, 0) is 10.0 Å². The van der Waals surface area contributed by atoms with Gasteiger partial charge < -0.3 is 9.84 Å². The van der Waals surface area contributed by atoms with Gasteiger partial charge in [0.1, 0.15) is 17.0 Å². The molecule has 1 heterocycles. The van der Waals surface area contributed by atoms with Crippen LogP contribution in [0.5, 0.6) is 11.5 Å². The van der Waals surface area contributed by atoms with Gasteiger partial charge in [0.05, 0.1) is 17.2 Å². The number of pyridine rings is 1. The van der Waals surface area contributed by atoms with E-state index in [9.17, 15) is 13.5 Å². The molecule has 2 N–H and O–H groups in total. The quantitative estimate of drug-likeness (QED) is 0.694. The highest BCUT2D eigenvalue weighted by Crippen LogP contribution is 2.32. The number of nitrogens with one attached hydrogen (secondary N) is 1. The summed E-state index contributed by atoms with van der Waals surface area (Å²) in [5.74, 6) is 0.379. The van der Waals surface area contributed by atoms with Gasteiger partial charge in [-0.25, -0.2) is 8.42 Å². The second kappa shape index (κ2) is 6.37. The molecular formula is C17H16N2O4S. The number of fused-ring (bicyclic) bond motifs is 1. The van der Waals surface area contributed by atoms with E-state index in [0.717, 1.165) is 0 Å². The number of benzene rings is 2. The fourth-order valence-corrected chi connectivity index (χ4v) is 3.66. The van der Waals surface area contributed by atoms with Gasteiger partial charge in [-0.1, -0.05) is 12.1 Å². The molecule has 0 atom stereocenters. The average Bonchev–Trinajstić information content (AvgIpc) is 2.57. The van der Waals surface area contributed by atoms with Gasteiger partial charge >= 0.3 is 0 Å². The van der Waals surface area contributed by atoms with Crippen molar-refractivity contribution >= 4 is 26.6 Å². The number of phenolic OH excluding ortho intramolecular Hbond substituents is 1. The first-order valence-electron chi connectivity index (χ1n) is 7.34. The van der Waals surface area contributed by atoms with E-state index in [1.165, 1.54) is 18.2 Å². The van der Waals surface area contributed by atoms with Crippen molar-refractivity contribution in [2.45, 2.75) is 11.8 Å². The molecule has 0 aliphatic rings. The third-order valence-electron chi connectivity index (χ3n) is 3.43. The standard InChI is InChI=1S/C17H16N2O4S/c1-2-23-15-9-10-16(12-6-5-11-18-17(12)15)24(21,22)19-13-7-3-4-8-14(13)20/h3-11,19-20H,2H2,1H3. The van der Waals surface area contributed by atoms with Gasteiger partial charge in [0.15, 0.2) is 0 Å². The van der Waals surface area contributed by atoms with Crippen molar-refractivity contribution in [2.75, 3.05) is 11.3 Å². The van der Waals surface area contributed by atoms with Crippen molar-refractivity contribution < 1.29 is 18.3 Å². The Morgan fingerprint density at radius 1 is 1.12 bits per heavy atom. The summed E-state index contributed by atoms with van der Waals surface area (Å²) >= 11 is 0. The molecule has 124 valence electrons. The Labute approximate surface area is 139 Å². The van der Waals surface area contributed by atoms with Crippen LogP contribution in [0.4, 0.5) is 5.69 Å². The largest absolute Gasteiger partial charge is 0.506 e. The third-order valence-corrected chi connectivity index (χ3v) is 4.85. The Morgan fingerprint density at radius 2 is 1.92 bits per heavy atom. The van der Waals surface area contributed by atoms with Gasteiger partial charge in [-0.15, -0.1) is 0 Å².